The molecule has 0 atom stereocenters. The van der Waals surface area contributed by atoms with Crippen molar-refractivity contribution in [2.75, 3.05) is 0 Å². The molecule has 0 amide bonds. The molecule has 2 rings (SSSR count). The SMILES string of the molecule is CC(C)c1cc(F)ccc1F.Cc1ccc(F)cc1F. The van der Waals surface area contributed by atoms with Crippen LogP contribution in [0.2, 0.25) is 0 Å². The molecule has 20 heavy (non-hydrogen) atoms. The van der Waals surface area contributed by atoms with Gasteiger partial charge in [-0.25, -0.2) is 17.6 Å². The third-order valence-electron chi connectivity index (χ3n) is 2.71. The molecule has 0 N–H and O–H groups in total. The lowest BCUT2D eigenvalue weighted by atomic mass is 10.0. The molecule has 0 bridgehead atoms. The van der Waals surface area contributed by atoms with Crippen molar-refractivity contribution in [2.24, 2.45) is 0 Å². The Labute approximate surface area is 116 Å². The van der Waals surface area contributed by atoms with Crippen LogP contribution in [0.25, 0.3) is 0 Å². The lowest BCUT2D eigenvalue weighted by molar-refractivity contribution is 0.575. The fourth-order valence-corrected chi connectivity index (χ4v) is 1.52. The van der Waals surface area contributed by atoms with Gasteiger partial charge in [0.1, 0.15) is 23.3 Å². The fraction of sp³-hybridized carbons (Fsp3) is 0.250. The largest absolute Gasteiger partial charge is 0.207 e. The molecule has 0 nitrogen and oxygen atoms in total. The average molecular weight is 284 g/mol. The molecule has 2 aromatic rings. The van der Waals surface area contributed by atoms with Crippen LogP contribution >= 0.6 is 0 Å². The van der Waals surface area contributed by atoms with E-state index in [0.717, 1.165) is 18.2 Å². The average Bonchev–Trinajstić information content (AvgIpc) is 2.38. The fourth-order valence-electron chi connectivity index (χ4n) is 1.52. The molecule has 2 aromatic carbocycles. The van der Waals surface area contributed by atoms with E-state index in [1.165, 1.54) is 18.2 Å². The Hall–Kier alpha value is -1.84. The number of hydrogen-bond acceptors (Lipinski definition) is 0. The molecule has 4 heteroatoms. The molecule has 0 unspecified atom stereocenters. The van der Waals surface area contributed by atoms with Crippen LogP contribution in [-0.4, -0.2) is 0 Å². The van der Waals surface area contributed by atoms with Crippen LogP contribution in [0.5, 0.6) is 0 Å². The van der Waals surface area contributed by atoms with E-state index < -0.39 is 11.6 Å². The van der Waals surface area contributed by atoms with Crippen molar-refractivity contribution in [3.8, 4) is 0 Å². The van der Waals surface area contributed by atoms with Gasteiger partial charge in [-0.3, -0.25) is 0 Å². The summed E-state index contributed by atoms with van der Waals surface area (Å²) in [6.45, 7) is 5.25. The van der Waals surface area contributed by atoms with Gasteiger partial charge in [0.05, 0.1) is 0 Å². The second-order valence-corrected chi connectivity index (χ2v) is 4.71. The first-order valence-electron chi connectivity index (χ1n) is 6.18. The van der Waals surface area contributed by atoms with Crippen molar-refractivity contribution >= 4 is 0 Å². The Morgan fingerprint density at radius 2 is 1.30 bits per heavy atom. The smallest absolute Gasteiger partial charge is 0.129 e. The van der Waals surface area contributed by atoms with E-state index in [1.807, 2.05) is 13.8 Å². The highest BCUT2D eigenvalue weighted by molar-refractivity contribution is 5.21. The standard InChI is InChI=1S/C9H10F2.C7H6F2/c1-6(2)8-5-7(10)3-4-9(8)11;1-5-2-3-6(8)4-7(5)9/h3-6H,1-2H3;2-4H,1H3. The van der Waals surface area contributed by atoms with Crippen LogP contribution in [0.1, 0.15) is 30.9 Å². The maximum Gasteiger partial charge on any atom is 0.129 e. The summed E-state index contributed by atoms with van der Waals surface area (Å²) in [6.07, 6.45) is 0. The summed E-state index contributed by atoms with van der Waals surface area (Å²) in [5, 5.41) is 0. The zero-order valence-electron chi connectivity index (χ0n) is 11.6. The Morgan fingerprint density at radius 1 is 0.750 bits per heavy atom. The summed E-state index contributed by atoms with van der Waals surface area (Å²) < 4.78 is 49.8. The van der Waals surface area contributed by atoms with E-state index in [0.29, 0.717) is 11.1 Å². The van der Waals surface area contributed by atoms with Gasteiger partial charge in [0, 0.05) is 6.07 Å². The third kappa shape index (κ3) is 4.68. The van der Waals surface area contributed by atoms with Crippen LogP contribution in [0, 0.1) is 30.2 Å². The number of benzene rings is 2. The van der Waals surface area contributed by atoms with Crippen molar-refractivity contribution in [3.05, 3.63) is 70.8 Å². The molecule has 0 heterocycles. The quantitative estimate of drug-likeness (QED) is 0.618. The first kappa shape index (κ1) is 16.2. The van der Waals surface area contributed by atoms with Gasteiger partial charge in [-0.2, -0.15) is 0 Å². The third-order valence-corrected chi connectivity index (χ3v) is 2.71. The Bertz CT molecular complexity index is 577. The van der Waals surface area contributed by atoms with E-state index in [2.05, 4.69) is 0 Å². The number of halogens is 4. The Morgan fingerprint density at radius 3 is 1.75 bits per heavy atom. The second-order valence-electron chi connectivity index (χ2n) is 4.71. The van der Waals surface area contributed by atoms with Gasteiger partial charge in [-0.05, 0) is 48.2 Å². The molecule has 0 fully saturated rings. The number of hydrogen-bond donors (Lipinski definition) is 0. The summed E-state index contributed by atoms with van der Waals surface area (Å²) in [7, 11) is 0. The minimum atomic E-state index is -0.530. The minimum absolute atomic E-state index is 0.0331. The molecule has 108 valence electrons. The highest BCUT2D eigenvalue weighted by Gasteiger charge is 2.06. The maximum absolute atomic E-state index is 12.9. The zero-order valence-corrected chi connectivity index (χ0v) is 11.6. The molecule has 0 aromatic heterocycles. The van der Waals surface area contributed by atoms with E-state index >= 15 is 0 Å². The van der Waals surface area contributed by atoms with Crippen molar-refractivity contribution in [1.29, 1.82) is 0 Å². The topological polar surface area (TPSA) is 0 Å². The predicted molar refractivity (Wildman–Crippen MR) is 71.5 cm³/mol. The molecule has 0 spiro atoms. The van der Waals surface area contributed by atoms with E-state index in [9.17, 15) is 17.6 Å². The highest BCUT2D eigenvalue weighted by atomic mass is 19.1. The lowest BCUT2D eigenvalue weighted by Crippen LogP contribution is -1.93. The monoisotopic (exact) mass is 284 g/mol. The van der Waals surface area contributed by atoms with Crippen LogP contribution < -0.4 is 0 Å². The molecule has 0 aliphatic heterocycles. The summed E-state index contributed by atoms with van der Waals surface area (Å²) >= 11 is 0. The van der Waals surface area contributed by atoms with Gasteiger partial charge in [-0.1, -0.05) is 19.9 Å². The van der Waals surface area contributed by atoms with E-state index in [-0.39, 0.29) is 17.6 Å². The van der Waals surface area contributed by atoms with Crippen LogP contribution in [0.15, 0.2) is 36.4 Å². The minimum Gasteiger partial charge on any atom is -0.207 e. The predicted octanol–water partition coefficient (Wildman–Crippen LogP) is 5.36. The normalized spacial score (nSPS) is 10.2. The summed E-state index contributed by atoms with van der Waals surface area (Å²) in [6, 6.07) is 7.03. The van der Waals surface area contributed by atoms with E-state index in [1.54, 1.807) is 6.92 Å². The number of aryl methyl sites for hydroxylation is 1. The van der Waals surface area contributed by atoms with Crippen LogP contribution in [0.3, 0.4) is 0 Å². The summed E-state index contributed by atoms with van der Waals surface area (Å²) in [5.74, 6) is -1.70. The molecular formula is C16H16F4. The van der Waals surface area contributed by atoms with Crippen molar-refractivity contribution in [2.45, 2.75) is 26.7 Å². The Balaban J connectivity index is 0.000000204. The molecule has 0 saturated heterocycles. The first-order valence-corrected chi connectivity index (χ1v) is 6.18. The van der Waals surface area contributed by atoms with Crippen molar-refractivity contribution < 1.29 is 17.6 Å². The zero-order chi connectivity index (χ0) is 15.3. The van der Waals surface area contributed by atoms with Crippen molar-refractivity contribution in [3.63, 3.8) is 0 Å². The lowest BCUT2D eigenvalue weighted by Gasteiger charge is -2.05. The Kier molecular flexibility index (Phi) is 5.74. The molecule has 0 aliphatic rings. The first-order chi connectivity index (χ1) is 9.31. The summed E-state index contributed by atoms with van der Waals surface area (Å²) in [4.78, 5) is 0. The van der Waals surface area contributed by atoms with Gasteiger partial charge in [0.15, 0.2) is 0 Å². The molecule has 0 saturated carbocycles. The molecular weight excluding hydrogens is 268 g/mol. The van der Waals surface area contributed by atoms with Gasteiger partial charge in [0.2, 0.25) is 0 Å². The van der Waals surface area contributed by atoms with Crippen LogP contribution in [0.4, 0.5) is 17.6 Å². The summed E-state index contributed by atoms with van der Waals surface area (Å²) in [5.41, 5.74) is 0.904. The molecule has 0 radical (unpaired) electrons. The number of rotatable bonds is 1. The van der Waals surface area contributed by atoms with Gasteiger partial charge in [-0.15, -0.1) is 0 Å². The van der Waals surface area contributed by atoms with Gasteiger partial charge in [0.25, 0.3) is 0 Å². The van der Waals surface area contributed by atoms with Crippen molar-refractivity contribution in [1.82, 2.24) is 0 Å². The van der Waals surface area contributed by atoms with Crippen LogP contribution in [-0.2, 0) is 0 Å². The maximum atomic E-state index is 12.9. The molecule has 0 aliphatic carbocycles. The van der Waals surface area contributed by atoms with E-state index in [4.69, 9.17) is 0 Å². The highest BCUT2D eigenvalue weighted by Crippen LogP contribution is 2.18. The van der Waals surface area contributed by atoms with Gasteiger partial charge >= 0.3 is 0 Å². The second kappa shape index (κ2) is 7.08. The van der Waals surface area contributed by atoms with Gasteiger partial charge < -0.3 is 0 Å².